The van der Waals surface area contributed by atoms with Crippen LogP contribution in [0.2, 0.25) is 0 Å². The van der Waals surface area contributed by atoms with Gasteiger partial charge in [-0.1, -0.05) is 31.5 Å². The molecule has 0 aliphatic heterocycles. The largest absolute Gasteiger partial charge is 0.493 e. The van der Waals surface area contributed by atoms with Crippen LogP contribution in [0, 0.1) is 13.8 Å². The minimum Gasteiger partial charge on any atom is -0.493 e. The number of nitrogens with one attached hydrogen (secondary N) is 1. The minimum absolute atomic E-state index is 0.107. The number of rotatable bonds is 7. The molecule has 1 unspecified atom stereocenters. The zero-order valence-electron chi connectivity index (χ0n) is 11.9. The molecule has 0 saturated carbocycles. The van der Waals surface area contributed by atoms with E-state index in [2.05, 4.69) is 45.1 Å². The van der Waals surface area contributed by atoms with Crippen LogP contribution in [0.25, 0.3) is 0 Å². The van der Waals surface area contributed by atoms with Gasteiger partial charge in [0, 0.05) is 12.1 Å². The molecule has 0 heterocycles. The number of aliphatic hydroxyl groups excluding tert-OH is 1. The first-order valence-electron chi connectivity index (χ1n) is 6.60. The zero-order chi connectivity index (χ0) is 13.5. The van der Waals surface area contributed by atoms with E-state index in [-0.39, 0.29) is 12.6 Å². The van der Waals surface area contributed by atoms with Gasteiger partial charge < -0.3 is 15.2 Å². The van der Waals surface area contributed by atoms with Crippen LogP contribution >= 0.6 is 0 Å². The zero-order valence-corrected chi connectivity index (χ0v) is 11.9. The Kier molecular flexibility index (Phi) is 6.16. The summed E-state index contributed by atoms with van der Waals surface area (Å²) >= 11 is 0. The SMILES string of the molecule is Cc1ccc(OCCC(CO)NC(C)C)c(C)c1. The van der Waals surface area contributed by atoms with Crippen LogP contribution in [-0.4, -0.2) is 30.4 Å². The van der Waals surface area contributed by atoms with Crippen molar-refractivity contribution in [3.05, 3.63) is 29.3 Å². The van der Waals surface area contributed by atoms with Crippen molar-refractivity contribution in [3.8, 4) is 5.75 Å². The molecular formula is C15H25NO2. The molecule has 0 radical (unpaired) electrons. The Balaban J connectivity index is 2.40. The van der Waals surface area contributed by atoms with Gasteiger partial charge in [0.2, 0.25) is 0 Å². The van der Waals surface area contributed by atoms with Crippen molar-refractivity contribution in [3.63, 3.8) is 0 Å². The average Bonchev–Trinajstić information content (AvgIpc) is 2.30. The molecule has 1 rings (SSSR count). The molecule has 0 saturated heterocycles. The van der Waals surface area contributed by atoms with Gasteiger partial charge in [0.05, 0.1) is 13.2 Å². The Morgan fingerprint density at radius 1 is 1.28 bits per heavy atom. The molecule has 1 atom stereocenters. The van der Waals surface area contributed by atoms with Gasteiger partial charge in [-0.2, -0.15) is 0 Å². The molecule has 3 heteroatoms. The van der Waals surface area contributed by atoms with Crippen molar-refractivity contribution < 1.29 is 9.84 Å². The number of aliphatic hydroxyl groups is 1. The average molecular weight is 251 g/mol. The third-order valence-electron chi connectivity index (χ3n) is 2.84. The van der Waals surface area contributed by atoms with E-state index in [4.69, 9.17) is 4.74 Å². The third kappa shape index (κ3) is 5.07. The molecular weight excluding hydrogens is 226 g/mol. The van der Waals surface area contributed by atoms with Crippen LogP contribution in [0.15, 0.2) is 18.2 Å². The summed E-state index contributed by atoms with van der Waals surface area (Å²) in [6, 6.07) is 6.66. The second-order valence-electron chi connectivity index (χ2n) is 5.11. The van der Waals surface area contributed by atoms with Crippen LogP contribution in [0.5, 0.6) is 5.75 Å². The standard InChI is InChI=1S/C15H25NO2/c1-11(2)16-14(10-17)7-8-18-15-6-5-12(3)9-13(15)4/h5-6,9,11,14,16-17H,7-8,10H2,1-4H3. The van der Waals surface area contributed by atoms with Crippen LogP contribution in [0.3, 0.4) is 0 Å². The quantitative estimate of drug-likeness (QED) is 0.782. The summed E-state index contributed by atoms with van der Waals surface area (Å²) in [7, 11) is 0. The van der Waals surface area contributed by atoms with Gasteiger partial charge in [0.25, 0.3) is 0 Å². The van der Waals surface area contributed by atoms with Gasteiger partial charge in [-0.25, -0.2) is 0 Å². The lowest BCUT2D eigenvalue weighted by Gasteiger charge is -2.19. The minimum atomic E-state index is 0.107. The van der Waals surface area contributed by atoms with Gasteiger partial charge in [-0.05, 0) is 31.9 Å². The molecule has 0 aliphatic carbocycles. The number of aryl methyl sites for hydroxylation is 2. The highest BCUT2D eigenvalue weighted by atomic mass is 16.5. The van der Waals surface area contributed by atoms with Crippen LogP contribution in [-0.2, 0) is 0 Å². The fraction of sp³-hybridized carbons (Fsp3) is 0.600. The van der Waals surface area contributed by atoms with Crippen molar-refractivity contribution in [1.29, 1.82) is 0 Å². The Morgan fingerprint density at radius 3 is 2.56 bits per heavy atom. The molecule has 0 amide bonds. The normalized spacial score (nSPS) is 12.8. The number of benzene rings is 1. The fourth-order valence-electron chi connectivity index (χ4n) is 1.97. The second-order valence-corrected chi connectivity index (χ2v) is 5.11. The lowest BCUT2D eigenvalue weighted by molar-refractivity contribution is 0.202. The molecule has 2 N–H and O–H groups in total. The molecule has 1 aromatic rings. The highest BCUT2D eigenvalue weighted by Crippen LogP contribution is 2.18. The molecule has 0 fully saturated rings. The van der Waals surface area contributed by atoms with E-state index < -0.39 is 0 Å². The Labute approximate surface area is 110 Å². The van der Waals surface area contributed by atoms with E-state index in [9.17, 15) is 5.11 Å². The maximum absolute atomic E-state index is 9.25. The topological polar surface area (TPSA) is 41.5 Å². The van der Waals surface area contributed by atoms with Gasteiger partial charge in [0.1, 0.15) is 5.75 Å². The maximum atomic E-state index is 9.25. The molecule has 0 aliphatic rings. The molecule has 1 aromatic carbocycles. The first-order chi connectivity index (χ1) is 8.52. The van der Waals surface area contributed by atoms with Gasteiger partial charge in [-0.3, -0.25) is 0 Å². The summed E-state index contributed by atoms with van der Waals surface area (Å²) in [6.07, 6.45) is 0.808. The lowest BCUT2D eigenvalue weighted by atomic mass is 10.1. The molecule has 18 heavy (non-hydrogen) atoms. The molecule has 0 bridgehead atoms. The predicted octanol–water partition coefficient (Wildman–Crippen LogP) is 2.43. The van der Waals surface area contributed by atoms with E-state index in [1.165, 1.54) is 5.56 Å². The fourth-order valence-corrected chi connectivity index (χ4v) is 1.97. The van der Waals surface area contributed by atoms with Crippen molar-refractivity contribution in [2.24, 2.45) is 0 Å². The lowest BCUT2D eigenvalue weighted by Crippen LogP contribution is -2.38. The van der Waals surface area contributed by atoms with Crippen molar-refractivity contribution in [2.45, 2.75) is 46.2 Å². The first kappa shape index (κ1) is 15.0. The highest BCUT2D eigenvalue weighted by Gasteiger charge is 2.09. The van der Waals surface area contributed by atoms with Crippen LogP contribution < -0.4 is 10.1 Å². The molecule has 0 aromatic heterocycles. The van der Waals surface area contributed by atoms with Gasteiger partial charge in [0.15, 0.2) is 0 Å². The van der Waals surface area contributed by atoms with Crippen molar-refractivity contribution in [2.75, 3.05) is 13.2 Å². The third-order valence-corrected chi connectivity index (χ3v) is 2.84. The molecule has 102 valence electrons. The van der Waals surface area contributed by atoms with E-state index >= 15 is 0 Å². The van der Waals surface area contributed by atoms with E-state index in [0.717, 1.165) is 17.7 Å². The summed E-state index contributed by atoms with van der Waals surface area (Å²) in [5.41, 5.74) is 2.40. The first-order valence-corrected chi connectivity index (χ1v) is 6.60. The highest BCUT2D eigenvalue weighted by molar-refractivity contribution is 5.35. The van der Waals surface area contributed by atoms with Crippen molar-refractivity contribution >= 4 is 0 Å². The number of hydrogen-bond donors (Lipinski definition) is 2. The maximum Gasteiger partial charge on any atom is 0.122 e. The Bertz CT molecular complexity index is 364. The molecule has 3 nitrogen and oxygen atoms in total. The Hall–Kier alpha value is -1.06. The van der Waals surface area contributed by atoms with E-state index in [1.807, 2.05) is 6.07 Å². The second kappa shape index (κ2) is 7.39. The summed E-state index contributed by atoms with van der Waals surface area (Å²) < 4.78 is 5.75. The number of ether oxygens (including phenoxy) is 1. The van der Waals surface area contributed by atoms with Crippen LogP contribution in [0.1, 0.15) is 31.4 Å². The van der Waals surface area contributed by atoms with Crippen molar-refractivity contribution in [1.82, 2.24) is 5.32 Å². The van der Waals surface area contributed by atoms with Gasteiger partial charge >= 0.3 is 0 Å². The monoisotopic (exact) mass is 251 g/mol. The summed E-state index contributed by atoms with van der Waals surface area (Å²) in [4.78, 5) is 0. The summed E-state index contributed by atoms with van der Waals surface area (Å²) in [5.74, 6) is 0.932. The van der Waals surface area contributed by atoms with Crippen LogP contribution in [0.4, 0.5) is 0 Å². The molecule has 0 spiro atoms. The summed E-state index contributed by atoms with van der Waals surface area (Å²) in [6.45, 7) is 9.05. The smallest absolute Gasteiger partial charge is 0.122 e. The van der Waals surface area contributed by atoms with E-state index in [1.54, 1.807) is 0 Å². The predicted molar refractivity (Wildman–Crippen MR) is 75.2 cm³/mol. The Morgan fingerprint density at radius 2 is 2.00 bits per heavy atom. The van der Waals surface area contributed by atoms with Gasteiger partial charge in [-0.15, -0.1) is 0 Å². The summed E-state index contributed by atoms with van der Waals surface area (Å²) in [5, 5.41) is 12.6. The number of hydrogen-bond acceptors (Lipinski definition) is 3. The van der Waals surface area contributed by atoms with E-state index in [0.29, 0.717) is 12.6 Å².